The number of aryl methyl sites for hydroxylation is 2. The predicted octanol–water partition coefficient (Wildman–Crippen LogP) is 6.06. The van der Waals surface area contributed by atoms with Crippen LogP contribution in [0.2, 0.25) is 5.02 Å². The fraction of sp³-hybridized carbons (Fsp3) is 0.394. The molecule has 0 aromatic heterocycles. The minimum atomic E-state index is -3.57. The van der Waals surface area contributed by atoms with Crippen LogP contribution in [0.5, 0.6) is 0 Å². The fourth-order valence-corrected chi connectivity index (χ4v) is 6.02. The minimum Gasteiger partial charge on any atom is -0.354 e. The predicted molar refractivity (Wildman–Crippen MR) is 171 cm³/mol. The Morgan fingerprint density at radius 2 is 1.55 bits per heavy atom. The number of nitrogens with zero attached hydrogens (tertiary/aromatic N) is 2. The quantitative estimate of drug-likeness (QED) is 0.212. The van der Waals surface area contributed by atoms with Gasteiger partial charge in [-0.2, -0.15) is 0 Å². The Bertz CT molecular complexity index is 1410. The molecule has 3 aromatic carbocycles. The van der Waals surface area contributed by atoms with Crippen LogP contribution in [0.4, 0.5) is 5.69 Å². The second kappa shape index (κ2) is 15.8. The fourth-order valence-electron chi connectivity index (χ4n) is 4.95. The highest BCUT2D eigenvalue weighted by Gasteiger charge is 2.30. The van der Waals surface area contributed by atoms with Crippen LogP contribution in [0.15, 0.2) is 72.8 Å². The number of rotatable bonds is 15. The number of carbonyl (C=O) groups is 2. The van der Waals surface area contributed by atoms with Crippen molar-refractivity contribution in [3.63, 3.8) is 0 Å². The van der Waals surface area contributed by atoms with E-state index in [0.29, 0.717) is 30.1 Å². The first-order chi connectivity index (χ1) is 20.0. The summed E-state index contributed by atoms with van der Waals surface area (Å²) in [5.41, 5.74) is 4.29. The lowest BCUT2D eigenvalue weighted by Gasteiger charge is -2.32. The molecule has 3 rings (SSSR count). The van der Waals surface area contributed by atoms with Crippen molar-refractivity contribution in [2.24, 2.45) is 0 Å². The van der Waals surface area contributed by atoms with Crippen molar-refractivity contribution in [2.75, 3.05) is 23.7 Å². The van der Waals surface area contributed by atoms with E-state index in [-0.39, 0.29) is 31.3 Å². The number of anilines is 1. The molecule has 0 radical (unpaired) electrons. The third-order valence-corrected chi connectivity index (χ3v) is 8.46. The summed E-state index contributed by atoms with van der Waals surface area (Å²) >= 11 is 6.11. The Morgan fingerprint density at radius 1 is 0.905 bits per heavy atom. The zero-order valence-corrected chi connectivity index (χ0v) is 26.5. The van der Waals surface area contributed by atoms with Crippen molar-refractivity contribution < 1.29 is 18.0 Å². The van der Waals surface area contributed by atoms with Gasteiger partial charge in [-0.15, -0.1) is 0 Å². The first-order valence-corrected chi connectivity index (χ1v) is 16.6. The van der Waals surface area contributed by atoms with Gasteiger partial charge in [-0.3, -0.25) is 13.9 Å². The van der Waals surface area contributed by atoms with E-state index in [4.69, 9.17) is 11.6 Å². The minimum absolute atomic E-state index is 0.0813. The Balaban J connectivity index is 1.88. The summed E-state index contributed by atoms with van der Waals surface area (Å²) in [6.45, 7) is 6.81. The number of benzene rings is 3. The molecule has 42 heavy (non-hydrogen) atoms. The molecule has 0 aliphatic heterocycles. The van der Waals surface area contributed by atoms with E-state index in [1.165, 1.54) is 10.6 Å². The van der Waals surface area contributed by atoms with Gasteiger partial charge < -0.3 is 10.2 Å². The summed E-state index contributed by atoms with van der Waals surface area (Å²) in [7, 11) is -3.57. The average molecular weight is 612 g/mol. The maximum atomic E-state index is 13.9. The highest BCUT2D eigenvalue weighted by atomic mass is 35.5. The number of nitrogens with one attached hydrogen (secondary N) is 1. The molecule has 0 heterocycles. The van der Waals surface area contributed by atoms with Crippen LogP contribution < -0.4 is 9.62 Å². The molecule has 0 aliphatic rings. The van der Waals surface area contributed by atoms with Gasteiger partial charge in [0.25, 0.3) is 0 Å². The highest BCUT2D eigenvalue weighted by Crippen LogP contribution is 2.23. The maximum Gasteiger partial charge on any atom is 0.243 e. The summed E-state index contributed by atoms with van der Waals surface area (Å²) < 4.78 is 26.8. The summed E-state index contributed by atoms with van der Waals surface area (Å²) in [4.78, 5) is 29.1. The van der Waals surface area contributed by atoms with Gasteiger partial charge in [0.15, 0.2) is 0 Å². The number of halogens is 1. The van der Waals surface area contributed by atoms with E-state index in [1.54, 1.807) is 17.0 Å². The van der Waals surface area contributed by atoms with Crippen LogP contribution in [0.1, 0.15) is 54.9 Å². The first kappa shape index (κ1) is 33.1. The van der Waals surface area contributed by atoms with Gasteiger partial charge in [0.05, 0.1) is 11.9 Å². The van der Waals surface area contributed by atoms with Crippen LogP contribution in [0, 0.1) is 13.8 Å². The normalized spacial score (nSPS) is 12.0. The van der Waals surface area contributed by atoms with E-state index < -0.39 is 16.1 Å². The Morgan fingerprint density at radius 3 is 2.14 bits per heavy atom. The molecule has 3 aromatic rings. The van der Waals surface area contributed by atoms with E-state index in [9.17, 15) is 18.0 Å². The van der Waals surface area contributed by atoms with Gasteiger partial charge in [-0.1, -0.05) is 73.5 Å². The number of hydrogen-bond donors (Lipinski definition) is 1. The van der Waals surface area contributed by atoms with Gasteiger partial charge in [0, 0.05) is 37.5 Å². The second-order valence-corrected chi connectivity index (χ2v) is 13.1. The number of sulfonamides is 1. The monoisotopic (exact) mass is 611 g/mol. The number of amides is 2. The Kier molecular flexibility index (Phi) is 12.4. The molecular weight excluding hydrogens is 570 g/mol. The molecule has 0 fully saturated rings. The molecule has 1 atom stereocenters. The van der Waals surface area contributed by atoms with Crippen LogP contribution in [0.3, 0.4) is 0 Å². The topological polar surface area (TPSA) is 86.8 Å². The van der Waals surface area contributed by atoms with Gasteiger partial charge in [0.2, 0.25) is 21.8 Å². The lowest BCUT2D eigenvalue weighted by molar-refractivity contribution is -0.141. The third kappa shape index (κ3) is 10.2. The van der Waals surface area contributed by atoms with Gasteiger partial charge in [-0.25, -0.2) is 8.42 Å². The van der Waals surface area contributed by atoms with E-state index >= 15 is 0 Å². The summed E-state index contributed by atoms with van der Waals surface area (Å²) in [5, 5.41) is 3.60. The molecule has 0 bridgehead atoms. The number of unbranched alkanes of at least 4 members (excludes halogenated alkanes) is 1. The molecule has 0 saturated carbocycles. The summed E-state index contributed by atoms with van der Waals surface area (Å²) in [6.07, 6.45) is 3.69. The van der Waals surface area contributed by atoms with Gasteiger partial charge in [0.1, 0.15) is 6.04 Å². The molecule has 9 heteroatoms. The van der Waals surface area contributed by atoms with Crippen LogP contribution in [-0.4, -0.2) is 50.5 Å². The van der Waals surface area contributed by atoms with Crippen LogP contribution in [-0.2, 0) is 32.6 Å². The maximum absolute atomic E-state index is 13.9. The van der Waals surface area contributed by atoms with Gasteiger partial charge >= 0.3 is 0 Å². The average Bonchev–Trinajstić information content (AvgIpc) is 2.93. The molecule has 226 valence electrons. The number of hydrogen-bond acceptors (Lipinski definition) is 4. The van der Waals surface area contributed by atoms with Crippen molar-refractivity contribution in [2.45, 2.75) is 65.5 Å². The second-order valence-electron chi connectivity index (χ2n) is 10.8. The van der Waals surface area contributed by atoms with E-state index in [0.717, 1.165) is 35.1 Å². The Hall–Kier alpha value is -3.36. The van der Waals surface area contributed by atoms with Crippen molar-refractivity contribution in [3.05, 3.63) is 100 Å². The molecule has 0 spiro atoms. The summed E-state index contributed by atoms with van der Waals surface area (Å²) in [6, 6.07) is 21.8. The zero-order chi connectivity index (χ0) is 30.7. The molecule has 1 N–H and O–H groups in total. The van der Waals surface area contributed by atoms with Crippen molar-refractivity contribution >= 4 is 39.1 Å². The van der Waals surface area contributed by atoms with E-state index in [1.807, 2.05) is 74.5 Å². The van der Waals surface area contributed by atoms with Crippen molar-refractivity contribution in [3.8, 4) is 0 Å². The smallest absolute Gasteiger partial charge is 0.243 e. The van der Waals surface area contributed by atoms with Crippen LogP contribution in [0.25, 0.3) is 0 Å². The highest BCUT2D eigenvalue weighted by molar-refractivity contribution is 7.92. The molecule has 0 aliphatic carbocycles. The lowest BCUT2D eigenvalue weighted by Crippen LogP contribution is -2.50. The molecule has 0 saturated heterocycles. The van der Waals surface area contributed by atoms with E-state index in [2.05, 4.69) is 12.2 Å². The largest absolute Gasteiger partial charge is 0.354 e. The zero-order valence-electron chi connectivity index (χ0n) is 25.0. The van der Waals surface area contributed by atoms with Crippen molar-refractivity contribution in [1.29, 1.82) is 0 Å². The molecular formula is C33H42ClN3O4S. The first-order valence-electron chi connectivity index (χ1n) is 14.4. The molecule has 1 unspecified atom stereocenters. The standard InChI is InChI=1S/C33H42ClN3O4S/c1-5-6-18-35-33(39)31(23-27-11-8-7-9-12-27)36(24-28-14-16-29(34)17-15-28)32(38)13-10-19-37(42(4,40)41)30-21-25(2)20-26(3)22-30/h7-9,11-12,14-17,20-22,31H,5-6,10,13,18-19,23-24H2,1-4H3,(H,35,39). The van der Waals surface area contributed by atoms with Gasteiger partial charge in [-0.05, 0) is 73.2 Å². The SMILES string of the molecule is CCCCNC(=O)C(Cc1ccccc1)N(Cc1ccc(Cl)cc1)C(=O)CCCN(c1cc(C)cc(C)c1)S(C)(=O)=O. The Labute approximate surface area is 255 Å². The molecule has 7 nitrogen and oxygen atoms in total. The summed E-state index contributed by atoms with van der Waals surface area (Å²) in [5.74, 6) is -0.423. The molecule has 2 amide bonds. The lowest BCUT2D eigenvalue weighted by atomic mass is 10.0. The van der Waals surface area contributed by atoms with Crippen LogP contribution >= 0.6 is 11.6 Å². The third-order valence-electron chi connectivity index (χ3n) is 7.01. The van der Waals surface area contributed by atoms with Crippen molar-refractivity contribution in [1.82, 2.24) is 10.2 Å². The number of carbonyl (C=O) groups excluding carboxylic acids is 2.